The number of nitrogens with zero attached hydrogens (tertiary/aromatic N) is 1. The monoisotopic (exact) mass is 279 g/mol. The van der Waals surface area contributed by atoms with Crippen LogP contribution in [-0.2, 0) is 0 Å². The summed E-state index contributed by atoms with van der Waals surface area (Å²) in [7, 11) is 1.63. The van der Waals surface area contributed by atoms with Crippen LogP contribution in [0.15, 0.2) is 24.3 Å². The van der Waals surface area contributed by atoms with E-state index in [1.165, 1.54) is 12.8 Å². The van der Waals surface area contributed by atoms with Crippen LogP contribution in [0.2, 0.25) is 0 Å². The number of hydrogen-bond acceptors (Lipinski definition) is 4. The Morgan fingerprint density at radius 3 is 2.70 bits per heavy atom. The number of benzene rings is 1. The van der Waals surface area contributed by atoms with E-state index in [-0.39, 0.29) is 0 Å². The molecule has 1 aliphatic rings. The fraction of sp³-hybridized carbons (Fsp3) is 0.625. The topological polar surface area (TPSA) is 41.9 Å². The minimum atomic E-state index is -0.449. The van der Waals surface area contributed by atoms with Crippen molar-refractivity contribution in [2.24, 2.45) is 5.92 Å². The fourth-order valence-electron chi connectivity index (χ4n) is 2.48. The van der Waals surface area contributed by atoms with Gasteiger partial charge in [-0.25, -0.2) is 0 Å². The first kappa shape index (κ1) is 15.1. The fourth-order valence-corrected chi connectivity index (χ4v) is 2.48. The highest BCUT2D eigenvalue weighted by Gasteiger charge is 2.18. The van der Waals surface area contributed by atoms with Gasteiger partial charge in [-0.2, -0.15) is 0 Å². The Morgan fingerprint density at radius 1 is 1.30 bits per heavy atom. The Hall–Kier alpha value is -1.26. The predicted octanol–water partition coefficient (Wildman–Crippen LogP) is 2.17. The molecule has 0 saturated carbocycles. The lowest BCUT2D eigenvalue weighted by Crippen LogP contribution is -2.40. The summed E-state index contributed by atoms with van der Waals surface area (Å²) in [6.07, 6.45) is 2.00. The number of hydrogen-bond donors (Lipinski definition) is 1. The van der Waals surface area contributed by atoms with Gasteiger partial charge in [0.1, 0.15) is 24.2 Å². The molecule has 0 aliphatic carbocycles. The molecule has 4 heteroatoms. The number of β-amino-alcohol motifs (C(OH)–C–C–N with tert-alkyl or cyclic N) is 1. The second-order valence-electron chi connectivity index (χ2n) is 5.63. The zero-order valence-electron chi connectivity index (χ0n) is 12.4. The van der Waals surface area contributed by atoms with E-state index in [4.69, 9.17) is 9.47 Å². The molecule has 1 aromatic rings. The van der Waals surface area contributed by atoms with Crippen molar-refractivity contribution >= 4 is 0 Å². The minimum absolute atomic E-state index is 0.319. The average molecular weight is 279 g/mol. The van der Waals surface area contributed by atoms with Gasteiger partial charge in [0.15, 0.2) is 0 Å². The molecule has 112 valence electrons. The third-order valence-electron chi connectivity index (χ3n) is 3.83. The summed E-state index contributed by atoms with van der Waals surface area (Å²) in [6, 6.07) is 7.46. The van der Waals surface area contributed by atoms with E-state index < -0.39 is 6.10 Å². The first-order chi connectivity index (χ1) is 9.67. The first-order valence-electron chi connectivity index (χ1n) is 7.34. The highest BCUT2D eigenvalue weighted by Crippen LogP contribution is 2.19. The highest BCUT2D eigenvalue weighted by atomic mass is 16.5. The molecule has 1 atom stereocenters. The minimum Gasteiger partial charge on any atom is -0.497 e. The summed E-state index contributed by atoms with van der Waals surface area (Å²) >= 11 is 0. The Morgan fingerprint density at radius 2 is 2.00 bits per heavy atom. The molecule has 0 spiro atoms. The zero-order valence-corrected chi connectivity index (χ0v) is 12.4. The normalized spacial score (nSPS) is 18.8. The SMILES string of the molecule is COc1cccc(OC[C@@H](O)CN2CCC(C)CC2)c1. The molecule has 0 radical (unpaired) electrons. The molecule has 0 amide bonds. The van der Waals surface area contributed by atoms with Crippen LogP contribution >= 0.6 is 0 Å². The van der Waals surface area contributed by atoms with Crippen molar-refractivity contribution in [2.75, 3.05) is 33.4 Å². The van der Waals surface area contributed by atoms with Crippen LogP contribution in [0.1, 0.15) is 19.8 Å². The summed E-state index contributed by atoms with van der Waals surface area (Å²) in [6.45, 7) is 5.46. The lowest BCUT2D eigenvalue weighted by Gasteiger charge is -2.31. The van der Waals surface area contributed by atoms with E-state index in [0.29, 0.717) is 13.2 Å². The Kier molecular flexibility index (Phi) is 5.68. The largest absolute Gasteiger partial charge is 0.497 e. The van der Waals surface area contributed by atoms with Gasteiger partial charge in [0, 0.05) is 12.6 Å². The summed E-state index contributed by atoms with van der Waals surface area (Å²) < 4.78 is 10.8. The number of piperidine rings is 1. The molecule has 0 unspecified atom stereocenters. The van der Waals surface area contributed by atoms with Crippen LogP contribution < -0.4 is 9.47 Å². The maximum atomic E-state index is 10.1. The summed E-state index contributed by atoms with van der Waals surface area (Å²) in [5, 5.41) is 10.1. The molecule has 20 heavy (non-hydrogen) atoms. The molecule has 1 aliphatic heterocycles. The maximum Gasteiger partial charge on any atom is 0.123 e. The number of aliphatic hydroxyl groups excluding tert-OH is 1. The Labute approximate surface area is 121 Å². The molecule has 0 bridgehead atoms. The smallest absolute Gasteiger partial charge is 0.123 e. The third kappa shape index (κ3) is 4.69. The van der Waals surface area contributed by atoms with Gasteiger partial charge < -0.3 is 19.5 Å². The lowest BCUT2D eigenvalue weighted by molar-refractivity contribution is 0.0562. The van der Waals surface area contributed by atoms with E-state index >= 15 is 0 Å². The molecule has 1 fully saturated rings. The van der Waals surface area contributed by atoms with Crippen LogP contribution in [0.25, 0.3) is 0 Å². The molecule has 4 nitrogen and oxygen atoms in total. The molecule has 1 saturated heterocycles. The zero-order chi connectivity index (χ0) is 14.4. The molecule has 1 aromatic carbocycles. The number of aliphatic hydroxyl groups is 1. The number of ether oxygens (including phenoxy) is 2. The quantitative estimate of drug-likeness (QED) is 0.866. The van der Waals surface area contributed by atoms with Gasteiger partial charge in [-0.1, -0.05) is 13.0 Å². The van der Waals surface area contributed by atoms with E-state index in [0.717, 1.165) is 30.5 Å². The lowest BCUT2D eigenvalue weighted by atomic mass is 9.99. The number of methoxy groups -OCH3 is 1. The van der Waals surface area contributed by atoms with Gasteiger partial charge in [-0.3, -0.25) is 0 Å². The molecule has 1 N–H and O–H groups in total. The Bertz CT molecular complexity index is 402. The average Bonchev–Trinajstić information content (AvgIpc) is 2.48. The second kappa shape index (κ2) is 7.50. The molecular weight excluding hydrogens is 254 g/mol. The molecule has 0 aromatic heterocycles. The molecule has 2 rings (SSSR count). The molecular formula is C16H25NO3. The summed E-state index contributed by atoms with van der Waals surface area (Å²) in [4.78, 5) is 2.32. The van der Waals surface area contributed by atoms with Gasteiger partial charge in [0.05, 0.1) is 7.11 Å². The van der Waals surface area contributed by atoms with Crippen molar-refractivity contribution < 1.29 is 14.6 Å². The van der Waals surface area contributed by atoms with Crippen LogP contribution in [0.5, 0.6) is 11.5 Å². The van der Waals surface area contributed by atoms with E-state index in [2.05, 4.69) is 11.8 Å². The summed E-state index contributed by atoms with van der Waals surface area (Å²) in [5.74, 6) is 2.31. The van der Waals surface area contributed by atoms with Gasteiger partial charge in [0.2, 0.25) is 0 Å². The van der Waals surface area contributed by atoms with Crippen molar-refractivity contribution in [1.82, 2.24) is 4.90 Å². The predicted molar refractivity (Wildman–Crippen MR) is 79.3 cm³/mol. The first-order valence-corrected chi connectivity index (χ1v) is 7.34. The standard InChI is InChI=1S/C16H25NO3/c1-13-6-8-17(9-7-13)11-14(18)12-20-16-5-3-4-15(10-16)19-2/h3-5,10,13-14,18H,6-9,11-12H2,1-2H3/t14-/m0/s1. The Balaban J connectivity index is 1.73. The van der Waals surface area contributed by atoms with Crippen molar-refractivity contribution in [1.29, 1.82) is 0 Å². The van der Waals surface area contributed by atoms with E-state index in [9.17, 15) is 5.11 Å². The van der Waals surface area contributed by atoms with Crippen molar-refractivity contribution in [2.45, 2.75) is 25.9 Å². The van der Waals surface area contributed by atoms with Crippen molar-refractivity contribution in [3.05, 3.63) is 24.3 Å². The van der Waals surface area contributed by atoms with Gasteiger partial charge in [-0.15, -0.1) is 0 Å². The van der Waals surface area contributed by atoms with Crippen molar-refractivity contribution in [3.8, 4) is 11.5 Å². The van der Waals surface area contributed by atoms with E-state index in [1.54, 1.807) is 7.11 Å². The van der Waals surface area contributed by atoms with Gasteiger partial charge >= 0.3 is 0 Å². The van der Waals surface area contributed by atoms with Crippen LogP contribution in [0, 0.1) is 5.92 Å². The number of rotatable bonds is 6. The maximum absolute atomic E-state index is 10.1. The van der Waals surface area contributed by atoms with Crippen LogP contribution in [0.3, 0.4) is 0 Å². The van der Waals surface area contributed by atoms with Gasteiger partial charge in [-0.05, 0) is 44.0 Å². The van der Waals surface area contributed by atoms with Gasteiger partial charge in [0.25, 0.3) is 0 Å². The van der Waals surface area contributed by atoms with Crippen LogP contribution in [-0.4, -0.2) is 49.5 Å². The number of likely N-dealkylation sites (tertiary alicyclic amines) is 1. The second-order valence-corrected chi connectivity index (χ2v) is 5.63. The van der Waals surface area contributed by atoms with Crippen LogP contribution in [0.4, 0.5) is 0 Å². The summed E-state index contributed by atoms with van der Waals surface area (Å²) in [5.41, 5.74) is 0. The molecule has 1 heterocycles. The van der Waals surface area contributed by atoms with E-state index in [1.807, 2.05) is 24.3 Å². The highest BCUT2D eigenvalue weighted by molar-refractivity contribution is 5.32. The van der Waals surface area contributed by atoms with Crippen molar-refractivity contribution in [3.63, 3.8) is 0 Å². The third-order valence-corrected chi connectivity index (χ3v) is 3.83.